The molecule has 42 heavy (non-hydrogen) atoms. The molecule has 0 amide bonds. The molecule has 0 heterocycles. The number of esters is 1. The van der Waals surface area contributed by atoms with Gasteiger partial charge in [0.15, 0.2) is 5.78 Å². The van der Waals surface area contributed by atoms with E-state index in [1.807, 2.05) is 36.4 Å². The maximum absolute atomic E-state index is 12.6. The Morgan fingerprint density at radius 3 is 1.79 bits per heavy atom. The fourth-order valence-corrected chi connectivity index (χ4v) is 4.91. The highest BCUT2D eigenvalue weighted by molar-refractivity contribution is 5.95. The number of hydrogen-bond donors (Lipinski definition) is 1. The Kier molecular flexibility index (Phi) is 15.9. The van der Waals surface area contributed by atoms with Gasteiger partial charge in [-0.1, -0.05) is 115 Å². The monoisotopic (exact) mass is 571 g/mol. The number of ketones is 1. The van der Waals surface area contributed by atoms with Crippen LogP contribution in [0.5, 0.6) is 11.5 Å². The smallest absolute Gasteiger partial charge is 0.343 e. The average Bonchev–Trinajstić information content (AvgIpc) is 3.56. The van der Waals surface area contributed by atoms with Crippen LogP contribution < -0.4 is 14.8 Å². The van der Waals surface area contributed by atoms with Crippen molar-refractivity contribution >= 4 is 17.4 Å². The molecule has 5 nitrogen and oxygen atoms in total. The molecule has 3 rings (SSSR count). The molecule has 0 aromatic heterocycles. The van der Waals surface area contributed by atoms with Crippen LogP contribution >= 0.6 is 0 Å². The molecule has 1 aliphatic rings. The molecule has 2 aromatic carbocycles. The van der Waals surface area contributed by atoms with Gasteiger partial charge in [0.2, 0.25) is 0 Å². The van der Waals surface area contributed by atoms with Crippen LogP contribution in [0.3, 0.4) is 0 Å². The highest BCUT2D eigenvalue weighted by Crippen LogP contribution is 2.19. The van der Waals surface area contributed by atoms with Crippen molar-refractivity contribution in [1.82, 2.24) is 0 Å². The third kappa shape index (κ3) is 13.4. The summed E-state index contributed by atoms with van der Waals surface area (Å²) >= 11 is 0. The molecule has 0 bridgehead atoms. The summed E-state index contributed by atoms with van der Waals surface area (Å²) in [6.45, 7) is 2.97. The molecule has 0 aliphatic heterocycles. The summed E-state index contributed by atoms with van der Waals surface area (Å²) in [5, 5.41) is 3.06. The number of ether oxygens (including phenoxy) is 2. The summed E-state index contributed by atoms with van der Waals surface area (Å²) in [5.41, 5.74) is 1.26. The van der Waals surface area contributed by atoms with Gasteiger partial charge in [-0.15, -0.1) is 0 Å². The van der Waals surface area contributed by atoms with Crippen LogP contribution in [0.15, 0.2) is 85.1 Å². The molecule has 0 fully saturated rings. The van der Waals surface area contributed by atoms with E-state index in [2.05, 4.69) is 12.2 Å². The largest absolute Gasteiger partial charge is 0.494 e. The van der Waals surface area contributed by atoms with Crippen LogP contribution in [-0.2, 0) is 4.79 Å². The van der Waals surface area contributed by atoms with Gasteiger partial charge < -0.3 is 14.8 Å². The molecule has 226 valence electrons. The van der Waals surface area contributed by atoms with Crippen molar-refractivity contribution in [2.45, 2.75) is 96.8 Å². The molecular weight excluding hydrogens is 522 g/mol. The minimum Gasteiger partial charge on any atom is -0.494 e. The zero-order valence-electron chi connectivity index (χ0n) is 25.4. The van der Waals surface area contributed by atoms with Crippen LogP contribution in [0.2, 0.25) is 0 Å². The predicted molar refractivity (Wildman–Crippen MR) is 173 cm³/mol. The maximum Gasteiger partial charge on any atom is 0.343 e. The van der Waals surface area contributed by atoms with Gasteiger partial charge in [0, 0.05) is 11.9 Å². The first-order chi connectivity index (χ1) is 20.7. The zero-order chi connectivity index (χ0) is 29.7. The third-order valence-electron chi connectivity index (χ3n) is 7.50. The first-order valence-electron chi connectivity index (χ1n) is 16.0. The summed E-state index contributed by atoms with van der Waals surface area (Å²) in [4.78, 5) is 24.6. The molecule has 0 atom stereocenters. The first kappa shape index (κ1) is 32.9. The first-order valence-corrected chi connectivity index (χ1v) is 16.0. The second kappa shape index (κ2) is 20.3. The summed E-state index contributed by atoms with van der Waals surface area (Å²) in [7, 11) is 0. The molecule has 1 N–H and O–H groups in total. The van der Waals surface area contributed by atoms with Crippen LogP contribution in [0, 0.1) is 5.92 Å². The summed E-state index contributed by atoms with van der Waals surface area (Å²) in [6, 6.07) is 14.1. The van der Waals surface area contributed by atoms with Gasteiger partial charge in [0.05, 0.1) is 18.1 Å². The number of benzene rings is 2. The lowest BCUT2D eigenvalue weighted by molar-refractivity contribution is -0.115. The Morgan fingerprint density at radius 2 is 1.21 bits per heavy atom. The fraction of sp³-hybridized carbons (Fsp3) is 0.459. The molecular formula is C37H49NO4. The molecule has 0 saturated heterocycles. The lowest BCUT2D eigenvalue weighted by atomic mass is 10.0. The topological polar surface area (TPSA) is 64.6 Å². The standard InChI is InChI=1S/C37H49NO4/c1-2-3-4-5-6-7-8-9-10-11-12-13-14-17-30-41-34-24-20-32(21-25-34)37(40)42-35-26-22-33(23-27-35)38-29-28-36(39)31-18-15-16-19-31/h15-16,18-29,31,38H,2-14,17,30H2,1H3/b29-28+. The second-order valence-corrected chi connectivity index (χ2v) is 11.1. The number of rotatable bonds is 22. The Balaban J connectivity index is 1.22. The van der Waals surface area contributed by atoms with Gasteiger partial charge >= 0.3 is 5.97 Å². The summed E-state index contributed by atoms with van der Waals surface area (Å²) in [5.74, 6) is 0.634. The number of carbonyl (C=O) groups excluding carboxylic acids is 2. The third-order valence-corrected chi connectivity index (χ3v) is 7.50. The Hall–Kier alpha value is -3.60. The van der Waals surface area contributed by atoms with Gasteiger partial charge in [-0.05, 0) is 61.0 Å². The van der Waals surface area contributed by atoms with Crippen molar-refractivity contribution in [2.24, 2.45) is 5.92 Å². The maximum atomic E-state index is 12.6. The van der Waals surface area contributed by atoms with Crippen molar-refractivity contribution in [3.8, 4) is 11.5 Å². The highest BCUT2D eigenvalue weighted by atomic mass is 16.5. The van der Waals surface area contributed by atoms with Gasteiger partial charge in [-0.25, -0.2) is 4.79 Å². The Bertz CT molecular complexity index is 1120. The van der Waals surface area contributed by atoms with E-state index < -0.39 is 5.97 Å². The normalized spacial score (nSPS) is 12.7. The molecule has 2 aromatic rings. The van der Waals surface area contributed by atoms with E-state index >= 15 is 0 Å². The van der Waals surface area contributed by atoms with Crippen molar-refractivity contribution in [3.05, 3.63) is 90.7 Å². The van der Waals surface area contributed by atoms with E-state index in [0.29, 0.717) is 17.9 Å². The van der Waals surface area contributed by atoms with E-state index in [0.717, 1.165) is 17.9 Å². The van der Waals surface area contributed by atoms with Gasteiger partial charge in [-0.2, -0.15) is 0 Å². The number of allylic oxidation sites excluding steroid dienone is 5. The molecule has 0 spiro atoms. The van der Waals surface area contributed by atoms with Gasteiger partial charge in [0.25, 0.3) is 0 Å². The average molecular weight is 572 g/mol. The zero-order valence-corrected chi connectivity index (χ0v) is 25.4. The minimum atomic E-state index is -0.419. The number of unbranched alkanes of at least 4 members (excludes halogenated alkanes) is 13. The number of anilines is 1. The second-order valence-electron chi connectivity index (χ2n) is 11.1. The van der Waals surface area contributed by atoms with Crippen LogP contribution in [-0.4, -0.2) is 18.4 Å². The van der Waals surface area contributed by atoms with E-state index in [1.165, 1.54) is 89.5 Å². The van der Waals surface area contributed by atoms with Crippen molar-refractivity contribution < 1.29 is 19.1 Å². The van der Waals surface area contributed by atoms with E-state index in [4.69, 9.17) is 9.47 Å². The fourth-order valence-electron chi connectivity index (χ4n) is 4.91. The highest BCUT2D eigenvalue weighted by Gasteiger charge is 2.11. The van der Waals surface area contributed by atoms with Crippen molar-refractivity contribution in [3.63, 3.8) is 0 Å². The number of nitrogens with one attached hydrogen (secondary N) is 1. The Labute approximate surface area is 253 Å². The van der Waals surface area contributed by atoms with Gasteiger partial charge in [-0.3, -0.25) is 4.79 Å². The van der Waals surface area contributed by atoms with Crippen molar-refractivity contribution in [1.29, 1.82) is 0 Å². The molecule has 1 aliphatic carbocycles. The van der Waals surface area contributed by atoms with Crippen LogP contribution in [0.25, 0.3) is 0 Å². The quantitative estimate of drug-likeness (QED) is 0.0659. The number of carbonyl (C=O) groups is 2. The van der Waals surface area contributed by atoms with Crippen LogP contribution in [0.1, 0.15) is 107 Å². The van der Waals surface area contributed by atoms with Gasteiger partial charge in [0.1, 0.15) is 11.5 Å². The minimum absolute atomic E-state index is 0.0179. The summed E-state index contributed by atoms with van der Waals surface area (Å²) in [6.07, 6.45) is 29.3. The SMILES string of the molecule is CCCCCCCCCCCCCCCCOc1ccc(C(=O)Oc2ccc(N/C=C/C(=O)C3C=CC=C3)cc2)cc1. The molecule has 0 radical (unpaired) electrons. The summed E-state index contributed by atoms with van der Waals surface area (Å²) < 4.78 is 11.4. The molecule has 0 saturated carbocycles. The number of hydrogen-bond acceptors (Lipinski definition) is 5. The Morgan fingerprint density at radius 1 is 0.690 bits per heavy atom. The predicted octanol–water partition coefficient (Wildman–Crippen LogP) is 10.0. The van der Waals surface area contributed by atoms with Crippen molar-refractivity contribution in [2.75, 3.05) is 11.9 Å². The lowest BCUT2D eigenvalue weighted by Crippen LogP contribution is -2.08. The van der Waals surface area contributed by atoms with Crippen LogP contribution in [0.4, 0.5) is 5.69 Å². The van der Waals surface area contributed by atoms with E-state index in [1.54, 1.807) is 42.6 Å². The lowest BCUT2D eigenvalue weighted by Gasteiger charge is -2.08. The van der Waals surface area contributed by atoms with E-state index in [-0.39, 0.29) is 11.7 Å². The molecule has 0 unspecified atom stereocenters. The molecule has 5 heteroatoms. The van der Waals surface area contributed by atoms with E-state index in [9.17, 15) is 9.59 Å².